The Morgan fingerprint density at radius 2 is 1.70 bits per heavy atom. The van der Waals surface area contributed by atoms with Gasteiger partial charge in [-0.15, -0.1) is 0 Å². The van der Waals surface area contributed by atoms with E-state index in [1.54, 1.807) is 45.1 Å². The van der Waals surface area contributed by atoms with Crippen molar-refractivity contribution in [1.29, 1.82) is 0 Å². The average molecular weight is 280 g/mol. The highest BCUT2D eigenvalue weighted by atomic mass is 16.6. The van der Waals surface area contributed by atoms with Gasteiger partial charge in [-0.25, -0.2) is 4.79 Å². The first kappa shape index (κ1) is 16.0. The zero-order chi connectivity index (χ0) is 15.2. The maximum Gasteiger partial charge on any atom is 0.419 e. The monoisotopic (exact) mass is 280 g/mol. The molecular formula is C14H20N2O4. The number of nitrogens with two attached hydrogens (primary N) is 1. The fourth-order valence-electron chi connectivity index (χ4n) is 1.36. The SMILES string of the molecule is CC(C)(C)OC(=O)CC(N)OC(=O)N1C=CC=CC=C1. The second-order valence-electron chi connectivity index (χ2n) is 5.19. The number of rotatable bonds is 3. The molecule has 0 aliphatic carbocycles. The van der Waals surface area contributed by atoms with E-state index in [1.807, 2.05) is 0 Å². The summed E-state index contributed by atoms with van der Waals surface area (Å²) in [4.78, 5) is 24.5. The summed E-state index contributed by atoms with van der Waals surface area (Å²) in [7, 11) is 0. The molecule has 0 aromatic heterocycles. The highest BCUT2D eigenvalue weighted by Crippen LogP contribution is 2.10. The van der Waals surface area contributed by atoms with E-state index in [0.717, 1.165) is 0 Å². The molecule has 110 valence electrons. The largest absolute Gasteiger partial charge is 0.460 e. The summed E-state index contributed by atoms with van der Waals surface area (Å²) in [6.07, 6.45) is 8.07. The molecule has 20 heavy (non-hydrogen) atoms. The van der Waals surface area contributed by atoms with Crippen molar-refractivity contribution in [3.8, 4) is 0 Å². The average Bonchev–Trinajstić information content (AvgIpc) is 2.53. The van der Waals surface area contributed by atoms with Crippen LogP contribution in [0.2, 0.25) is 0 Å². The Bertz CT molecular complexity index is 431. The van der Waals surface area contributed by atoms with Crippen molar-refractivity contribution < 1.29 is 19.1 Å². The molecule has 0 fully saturated rings. The van der Waals surface area contributed by atoms with Gasteiger partial charge < -0.3 is 9.47 Å². The molecule has 0 bridgehead atoms. The minimum absolute atomic E-state index is 0.192. The number of carbonyl (C=O) groups excluding carboxylic acids is 2. The maximum atomic E-state index is 11.8. The molecule has 2 N–H and O–H groups in total. The maximum absolute atomic E-state index is 11.8. The van der Waals surface area contributed by atoms with Crippen LogP contribution in [0.5, 0.6) is 0 Å². The zero-order valence-corrected chi connectivity index (χ0v) is 11.9. The van der Waals surface area contributed by atoms with Crippen molar-refractivity contribution in [3.05, 3.63) is 36.7 Å². The van der Waals surface area contributed by atoms with E-state index < -0.39 is 23.9 Å². The fraction of sp³-hybridized carbons (Fsp3) is 0.429. The molecule has 1 unspecified atom stereocenters. The van der Waals surface area contributed by atoms with Crippen LogP contribution in [0.1, 0.15) is 27.2 Å². The van der Waals surface area contributed by atoms with Crippen LogP contribution in [0.3, 0.4) is 0 Å². The fourth-order valence-corrected chi connectivity index (χ4v) is 1.36. The molecule has 1 aliphatic heterocycles. The predicted octanol–water partition coefficient (Wildman–Crippen LogP) is 2.04. The van der Waals surface area contributed by atoms with Gasteiger partial charge in [-0.3, -0.25) is 15.4 Å². The molecule has 1 rings (SSSR count). The summed E-state index contributed by atoms with van der Waals surface area (Å²) in [5, 5.41) is 0. The quantitative estimate of drug-likeness (QED) is 0.632. The van der Waals surface area contributed by atoms with Gasteiger partial charge in [0.2, 0.25) is 0 Å². The Kier molecular flexibility index (Phi) is 5.52. The molecule has 0 saturated carbocycles. The van der Waals surface area contributed by atoms with Crippen LogP contribution in [0, 0.1) is 0 Å². The van der Waals surface area contributed by atoms with Crippen LogP contribution in [0.4, 0.5) is 4.79 Å². The van der Waals surface area contributed by atoms with Crippen molar-refractivity contribution in [2.75, 3.05) is 0 Å². The molecule has 1 atom stereocenters. The highest BCUT2D eigenvalue weighted by Gasteiger charge is 2.21. The van der Waals surface area contributed by atoms with Gasteiger partial charge in [0.05, 0.1) is 6.42 Å². The Balaban J connectivity index is 2.44. The second kappa shape index (κ2) is 6.91. The lowest BCUT2D eigenvalue weighted by Crippen LogP contribution is -2.35. The molecule has 1 heterocycles. The first-order valence-electron chi connectivity index (χ1n) is 6.26. The van der Waals surface area contributed by atoms with Gasteiger partial charge in [-0.05, 0) is 32.9 Å². The highest BCUT2D eigenvalue weighted by molar-refractivity contribution is 5.73. The van der Waals surface area contributed by atoms with Crippen LogP contribution >= 0.6 is 0 Å². The van der Waals surface area contributed by atoms with Crippen LogP contribution in [-0.4, -0.2) is 28.8 Å². The Morgan fingerprint density at radius 1 is 1.15 bits per heavy atom. The number of hydrogen-bond acceptors (Lipinski definition) is 5. The van der Waals surface area contributed by atoms with Crippen LogP contribution in [0.15, 0.2) is 36.7 Å². The lowest BCUT2D eigenvalue weighted by molar-refractivity contribution is -0.157. The number of allylic oxidation sites excluding steroid dienone is 4. The first-order valence-corrected chi connectivity index (χ1v) is 6.26. The summed E-state index contributed by atoms with van der Waals surface area (Å²) in [6.45, 7) is 5.26. The van der Waals surface area contributed by atoms with E-state index in [4.69, 9.17) is 15.2 Å². The number of hydrogen-bond donors (Lipinski definition) is 1. The lowest BCUT2D eigenvalue weighted by atomic mass is 10.2. The number of nitrogens with zero attached hydrogens (tertiary/aromatic N) is 1. The van der Waals surface area contributed by atoms with E-state index in [0.29, 0.717) is 0 Å². The molecule has 0 aromatic rings. The van der Waals surface area contributed by atoms with Gasteiger partial charge >= 0.3 is 12.1 Å². The van der Waals surface area contributed by atoms with Gasteiger partial charge in [0.25, 0.3) is 0 Å². The predicted molar refractivity (Wildman–Crippen MR) is 74.2 cm³/mol. The molecule has 0 aromatic carbocycles. The Morgan fingerprint density at radius 3 is 2.20 bits per heavy atom. The van der Waals surface area contributed by atoms with Gasteiger partial charge in [0.15, 0.2) is 6.23 Å². The number of ether oxygens (including phenoxy) is 2. The minimum Gasteiger partial charge on any atom is -0.460 e. The summed E-state index contributed by atoms with van der Waals surface area (Å²) in [5.41, 5.74) is 5.01. The number of amides is 1. The lowest BCUT2D eigenvalue weighted by Gasteiger charge is -2.21. The normalized spacial score (nSPS) is 15.7. The van der Waals surface area contributed by atoms with Crippen molar-refractivity contribution in [2.45, 2.75) is 39.0 Å². The van der Waals surface area contributed by atoms with Gasteiger partial charge in [0.1, 0.15) is 5.60 Å². The number of carbonyl (C=O) groups is 2. The van der Waals surface area contributed by atoms with E-state index in [2.05, 4.69) is 0 Å². The van der Waals surface area contributed by atoms with E-state index in [9.17, 15) is 9.59 Å². The van der Waals surface area contributed by atoms with Gasteiger partial charge in [0, 0.05) is 12.4 Å². The minimum atomic E-state index is -1.05. The smallest absolute Gasteiger partial charge is 0.419 e. The summed E-state index contributed by atoms with van der Waals surface area (Å²) in [5.74, 6) is -0.513. The molecule has 6 nitrogen and oxygen atoms in total. The summed E-state index contributed by atoms with van der Waals surface area (Å²) >= 11 is 0. The van der Waals surface area contributed by atoms with Crippen molar-refractivity contribution >= 4 is 12.1 Å². The van der Waals surface area contributed by atoms with E-state index >= 15 is 0 Å². The van der Waals surface area contributed by atoms with Gasteiger partial charge in [-0.1, -0.05) is 12.2 Å². The van der Waals surface area contributed by atoms with Crippen LogP contribution < -0.4 is 5.73 Å². The second-order valence-corrected chi connectivity index (χ2v) is 5.19. The van der Waals surface area contributed by atoms with Crippen molar-refractivity contribution in [1.82, 2.24) is 4.90 Å². The standard InChI is InChI=1S/C14H20N2O4/c1-14(2,3)20-12(17)10-11(15)19-13(18)16-8-6-4-5-7-9-16/h4-9,11H,10,15H2,1-3H3. The molecule has 1 amide bonds. The number of esters is 1. The first-order chi connectivity index (χ1) is 9.28. The van der Waals surface area contributed by atoms with Crippen molar-refractivity contribution in [2.24, 2.45) is 5.73 Å². The molecule has 1 aliphatic rings. The third-order valence-electron chi connectivity index (χ3n) is 2.08. The molecular weight excluding hydrogens is 260 g/mol. The molecule has 0 spiro atoms. The Hall–Kier alpha value is -2.08. The summed E-state index contributed by atoms with van der Waals surface area (Å²) < 4.78 is 10.1. The van der Waals surface area contributed by atoms with Crippen LogP contribution in [-0.2, 0) is 14.3 Å². The van der Waals surface area contributed by atoms with Crippen molar-refractivity contribution in [3.63, 3.8) is 0 Å². The molecule has 6 heteroatoms. The third kappa shape index (κ3) is 6.19. The topological polar surface area (TPSA) is 81.9 Å². The zero-order valence-electron chi connectivity index (χ0n) is 11.9. The van der Waals surface area contributed by atoms with Crippen LogP contribution in [0.25, 0.3) is 0 Å². The summed E-state index contributed by atoms with van der Waals surface area (Å²) in [6, 6.07) is 0. The van der Waals surface area contributed by atoms with E-state index in [-0.39, 0.29) is 6.42 Å². The molecule has 0 saturated heterocycles. The third-order valence-corrected chi connectivity index (χ3v) is 2.08. The van der Waals surface area contributed by atoms with E-state index in [1.165, 1.54) is 17.3 Å². The van der Waals surface area contributed by atoms with Gasteiger partial charge in [-0.2, -0.15) is 0 Å². The Labute approximate surface area is 118 Å². The molecule has 0 radical (unpaired) electrons.